The summed E-state index contributed by atoms with van der Waals surface area (Å²) in [7, 11) is 0. The lowest BCUT2D eigenvalue weighted by Gasteiger charge is -2.04. The first-order valence-electron chi connectivity index (χ1n) is 5.51. The third kappa shape index (κ3) is 2.76. The van der Waals surface area contributed by atoms with Crippen LogP contribution in [0.2, 0.25) is 0 Å². The van der Waals surface area contributed by atoms with Crippen molar-refractivity contribution in [3.63, 3.8) is 0 Å². The van der Waals surface area contributed by atoms with Crippen molar-refractivity contribution in [2.24, 2.45) is 5.73 Å². The molecule has 0 saturated carbocycles. The monoisotopic (exact) mass is 260 g/mol. The highest BCUT2D eigenvalue weighted by atomic mass is 16.5. The molecule has 0 spiro atoms. The fraction of sp³-hybridized carbons (Fsp3) is 0.167. The molecule has 2 rings (SSSR count). The van der Waals surface area contributed by atoms with Crippen LogP contribution in [-0.4, -0.2) is 33.2 Å². The summed E-state index contributed by atoms with van der Waals surface area (Å²) < 4.78 is 6.25. The summed E-state index contributed by atoms with van der Waals surface area (Å²) in [5.74, 6) is -0.754. The van der Waals surface area contributed by atoms with Crippen molar-refractivity contribution < 1.29 is 14.3 Å². The molecule has 7 nitrogen and oxygen atoms in total. The zero-order chi connectivity index (χ0) is 13.8. The first-order chi connectivity index (χ1) is 9.09. The highest BCUT2D eigenvalue weighted by Gasteiger charge is 2.17. The van der Waals surface area contributed by atoms with E-state index in [1.165, 1.54) is 10.9 Å². The van der Waals surface area contributed by atoms with Gasteiger partial charge in [-0.3, -0.25) is 4.79 Å². The number of carbonyl (C=O) groups is 2. The van der Waals surface area contributed by atoms with Crippen molar-refractivity contribution in [1.82, 2.24) is 14.8 Å². The van der Waals surface area contributed by atoms with Crippen LogP contribution in [0.3, 0.4) is 0 Å². The van der Waals surface area contributed by atoms with Crippen LogP contribution in [0.5, 0.6) is 0 Å². The van der Waals surface area contributed by atoms with Crippen LogP contribution in [0.4, 0.5) is 0 Å². The highest BCUT2D eigenvalue weighted by Crippen LogP contribution is 2.12. The lowest BCUT2D eigenvalue weighted by atomic mass is 10.2. The Balaban J connectivity index is 2.24. The minimum Gasteiger partial charge on any atom is -0.452 e. The van der Waals surface area contributed by atoms with Crippen LogP contribution in [0.25, 0.3) is 5.82 Å². The lowest BCUT2D eigenvalue weighted by molar-refractivity contribution is -0.121. The zero-order valence-corrected chi connectivity index (χ0v) is 10.2. The Kier molecular flexibility index (Phi) is 3.56. The summed E-state index contributed by atoms with van der Waals surface area (Å²) >= 11 is 0. The Hall–Kier alpha value is -2.70. The predicted molar refractivity (Wildman–Crippen MR) is 65.6 cm³/mol. The number of nitrogens with two attached hydrogens (primary N) is 1. The fourth-order valence-corrected chi connectivity index (χ4v) is 1.53. The third-order valence-electron chi connectivity index (χ3n) is 2.44. The summed E-state index contributed by atoms with van der Waals surface area (Å²) in [5, 5.41) is 4.07. The zero-order valence-electron chi connectivity index (χ0n) is 10.2. The molecular weight excluding hydrogens is 248 g/mol. The third-order valence-corrected chi connectivity index (χ3v) is 2.44. The average molecular weight is 260 g/mol. The Morgan fingerprint density at radius 1 is 1.42 bits per heavy atom. The van der Waals surface area contributed by atoms with Gasteiger partial charge in [0.2, 0.25) is 0 Å². The average Bonchev–Trinajstić information content (AvgIpc) is 2.79. The van der Waals surface area contributed by atoms with Gasteiger partial charge in [0.15, 0.2) is 12.4 Å². The number of primary amides is 1. The topological polar surface area (TPSA) is 100 Å². The molecule has 0 aliphatic heterocycles. The number of esters is 1. The number of rotatable bonds is 4. The fourth-order valence-electron chi connectivity index (χ4n) is 1.53. The second-order valence-electron chi connectivity index (χ2n) is 3.79. The van der Waals surface area contributed by atoms with E-state index >= 15 is 0 Å². The molecule has 0 aromatic carbocycles. The first kappa shape index (κ1) is 12.7. The standard InChI is InChI=1S/C12H12N4O3/c1-8-9(12(18)19-7-10(13)17)6-15-16(8)11-4-2-3-5-14-11/h2-6H,7H2,1H3,(H2,13,17). The number of amides is 1. The molecule has 7 heteroatoms. The summed E-state index contributed by atoms with van der Waals surface area (Å²) in [6.07, 6.45) is 2.99. The molecule has 19 heavy (non-hydrogen) atoms. The van der Waals surface area contributed by atoms with Gasteiger partial charge in [-0.1, -0.05) is 6.07 Å². The van der Waals surface area contributed by atoms with Crippen molar-refractivity contribution in [3.8, 4) is 5.82 Å². The molecule has 0 atom stereocenters. The van der Waals surface area contributed by atoms with Gasteiger partial charge in [-0.15, -0.1) is 0 Å². The van der Waals surface area contributed by atoms with Crippen LogP contribution in [0.15, 0.2) is 30.6 Å². The van der Waals surface area contributed by atoms with Crippen LogP contribution in [-0.2, 0) is 9.53 Å². The minimum atomic E-state index is -0.705. The highest BCUT2D eigenvalue weighted by molar-refractivity contribution is 5.92. The van der Waals surface area contributed by atoms with E-state index in [1.54, 1.807) is 25.3 Å². The molecular formula is C12H12N4O3. The van der Waals surface area contributed by atoms with Gasteiger partial charge in [-0.05, 0) is 19.1 Å². The lowest BCUT2D eigenvalue weighted by Crippen LogP contribution is -2.21. The molecule has 0 unspecified atom stereocenters. The maximum atomic E-state index is 11.7. The van der Waals surface area contributed by atoms with E-state index in [2.05, 4.69) is 10.1 Å². The molecule has 98 valence electrons. The minimum absolute atomic E-state index is 0.270. The molecule has 0 aliphatic carbocycles. The number of hydrogen-bond acceptors (Lipinski definition) is 5. The van der Waals surface area contributed by atoms with Crippen molar-refractivity contribution in [3.05, 3.63) is 41.9 Å². The number of pyridine rings is 1. The molecule has 0 saturated heterocycles. The predicted octanol–water partition coefficient (Wildman–Crippen LogP) is 0.218. The summed E-state index contributed by atoms with van der Waals surface area (Å²) in [4.78, 5) is 26.4. The van der Waals surface area contributed by atoms with Crippen molar-refractivity contribution >= 4 is 11.9 Å². The number of nitrogens with zero attached hydrogens (tertiary/aromatic N) is 3. The Morgan fingerprint density at radius 3 is 2.84 bits per heavy atom. The summed E-state index contributed by atoms with van der Waals surface area (Å²) in [5.41, 5.74) is 5.75. The normalized spacial score (nSPS) is 10.2. The summed E-state index contributed by atoms with van der Waals surface area (Å²) in [6, 6.07) is 5.36. The largest absolute Gasteiger partial charge is 0.452 e. The molecule has 2 aromatic rings. The van der Waals surface area contributed by atoms with E-state index in [4.69, 9.17) is 10.5 Å². The number of ether oxygens (including phenoxy) is 1. The number of aromatic nitrogens is 3. The molecule has 0 aliphatic rings. The summed E-state index contributed by atoms with van der Waals surface area (Å²) in [6.45, 7) is 1.26. The molecule has 2 N–H and O–H groups in total. The van der Waals surface area contributed by atoms with Gasteiger partial charge >= 0.3 is 5.97 Å². The molecule has 0 fully saturated rings. The quantitative estimate of drug-likeness (QED) is 0.792. The number of carbonyl (C=O) groups excluding carboxylic acids is 2. The van der Waals surface area contributed by atoms with E-state index in [0.717, 1.165) is 0 Å². The maximum Gasteiger partial charge on any atom is 0.342 e. The van der Waals surface area contributed by atoms with Gasteiger partial charge in [-0.25, -0.2) is 14.5 Å². The van der Waals surface area contributed by atoms with Crippen molar-refractivity contribution in [1.29, 1.82) is 0 Å². The SMILES string of the molecule is Cc1c(C(=O)OCC(N)=O)cnn1-c1ccccn1. The Bertz CT molecular complexity index is 607. The molecule has 1 amide bonds. The van der Waals surface area contributed by atoms with Crippen LogP contribution >= 0.6 is 0 Å². The van der Waals surface area contributed by atoms with E-state index in [9.17, 15) is 9.59 Å². The van der Waals surface area contributed by atoms with Gasteiger partial charge < -0.3 is 10.5 Å². The Labute approximate surface area is 109 Å². The van der Waals surface area contributed by atoms with E-state index in [-0.39, 0.29) is 5.56 Å². The van der Waals surface area contributed by atoms with Gasteiger partial charge in [0.25, 0.3) is 5.91 Å². The van der Waals surface area contributed by atoms with Crippen LogP contribution in [0.1, 0.15) is 16.1 Å². The molecule has 2 heterocycles. The second-order valence-corrected chi connectivity index (χ2v) is 3.79. The van der Waals surface area contributed by atoms with Crippen LogP contribution < -0.4 is 5.73 Å². The maximum absolute atomic E-state index is 11.7. The number of hydrogen-bond donors (Lipinski definition) is 1. The molecule has 0 radical (unpaired) electrons. The van der Waals surface area contributed by atoms with Crippen molar-refractivity contribution in [2.45, 2.75) is 6.92 Å². The van der Waals surface area contributed by atoms with Crippen molar-refractivity contribution in [2.75, 3.05) is 6.61 Å². The van der Waals surface area contributed by atoms with E-state index < -0.39 is 18.5 Å². The van der Waals surface area contributed by atoms with Gasteiger partial charge in [-0.2, -0.15) is 5.10 Å². The first-order valence-corrected chi connectivity index (χ1v) is 5.51. The smallest absolute Gasteiger partial charge is 0.342 e. The van der Waals surface area contributed by atoms with E-state index in [0.29, 0.717) is 11.5 Å². The Morgan fingerprint density at radius 2 is 2.21 bits per heavy atom. The van der Waals surface area contributed by atoms with Gasteiger partial charge in [0, 0.05) is 6.20 Å². The molecule has 2 aromatic heterocycles. The van der Waals surface area contributed by atoms with Gasteiger partial charge in [0.1, 0.15) is 5.56 Å². The van der Waals surface area contributed by atoms with Crippen LogP contribution in [0, 0.1) is 6.92 Å². The molecule has 0 bridgehead atoms. The second kappa shape index (κ2) is 5.30. The van der Waals surface area contributed by atoms with Gasteiger partial charge in [0.05, 0.1) is 11.9 Å². The van der Waals surface area contributed by atoms with E-state index in [1.807, 2.05) is 6.07 Å².